The summed E-state index contributed by atoms with van der Waals surface area (Å²) in [6.07, 6.45) is 3.20. The summed E-state index contributed by atoms with van der Waals surface area (Å²) in [6.45, 7) is 0. The molecule has 0 aliphatic rings. The molecule has 1 atom stereocenters. The molecule has 0 amide bonds. The minimum Gasteiger partial charge on any atom is -0.481 e. The van der Waals surface area contributed by atoms with Gasteiger partial charge in [-0.3, -0.25) is 4.79 Å². The Hall–Kier alpha value is -2.82. The number of carbonyl (C=O) groups is 1. The van der Waals surface area contributed by atoms with E-state index >= 15 is 0 Å². The zero-order chi connectivity index (χ0) is 16.7. The number of benzene rings is 2. The van der Waals surface area contributed by atoms with Gasteiger partial charge in [-0.1, -0.05) is 30.3 Å². The van der Waals surface area contributed by atoms with Crippen LogP contribution >= 0.6 is 0 Å². The number of hydrazone groups is 1. The number of aliphatic carboxylic acids is 1. The molecular weight excluding hydrogens is 290 g/mol. The number of anilines is 1. The van der Waals surface area contributed by atoms with E-state index in [1.54, 1.807) is 6.21 Å². The molecule has 0 saturated carbocycles. The maximum atomic E-state index is 11.2. The molecule has 0 radical (unpaired) electrons. The Bertz CT molecular complexity index is 681. The van der Waals surface area contributed by atoms with Gasteiger partial charge in [-0.05, 0) is 53.6 Å². The molecular formula is C18H21N3O2. The lowest BCUT2D eigenvalue weighted by molar-refractivity contribution is -0.137. The van der Waals surface area contributed by atoms with Crippen LogP contribution in [-0.2, 0) is 11.2 Å². The van der Waals surface area contributed by atoms with Gasteiger partial charge < -0.3 is 16.7 Å². The van der Waals surface area contributed by atoms with Gasteiger partial charge in [-0.25, -0.2) is 0 Å². The Morgan fingerprint density at radius 1 is 1.22 bits per heavy atom. The van der Waals surface area contributed by atoms with Crippen LogP contribution < -0.4 is 11.6 Å². The Labute approximate surface area is 135 Å². The Balaban J connectivity index is 2.14. The standard InChI is InChI=1S/C18H21N3O2/c19-17-8-5-13(6-9-17)4-7-16(11-18(22)23)15-3-1-2-14(10-15)12-21-20/h1-3,5-6,8-10,12,16H,4,7,11,19-20H2,(H,22,23). The van der Waals surface area contributed by atoms with Crippen molar-refractivity contribution in [1.29, 1.82) is 0 Å². The van der Waals surface area contributed by atoms with E-state index in [2.05, 4.69) is 5.10 Å². The fourth-order valence-corrected chi connectivity index (χ4v) is 2.60. The normalized spacial score (nSPS) is 12.3. The van der Waals surface area contributed by atoms with Gasteiger partial charge >= 0.3 is 5.97 Å². The molecule has 0 bridgehead atoms. The zero-order valence-corrected chi connectivity index (χ0v) is 12.9. The summed E-state index contributed by atoms with van der Waals surface area (Å²) in [5.41, 5.74) is 9.41. The van der Waals surface area contributed by atoms with Gasteiger partial charge in [0.05, 0.1) is 12.6 Å². The molecule has 5 N–H and O–H groups in total. The molecule has 2 aromatic carbocycles. The van der Waals surface area contributed by atoms with Gasteiger partial charge in [0.25, 0.3) is 0 Å². The molecule has 5 heteroatoms. The van der Waals surface area contributed by atoms with Crippen molar-refractivity contribution >= 4 is 17.9 Å². The van der Waals surface area contributed by atoms with Gasteiger partial charge in [0, 0.05) is 5.69 Å². The molecule has 1 unspecified atom stereocenters. The minimum absolute atomic E-state index is 0.0591. The lowest BCUT2D eigenvalue weighted by Gasteiger charge is -2.16. The first-order valence-electron chi connectivity index (χ1n) is 7.48. The highest BCUT2D eigenvalue weighted by Crippen LogP contribution is 2.26. The molecule has 2 aromatic rings. The predicted molar refractivity (Wildman–Crippen MR) is 92.4 cm³/mol. The molecule has 0 heterocycles. The largest absolute Gasteiger partial charge is 0.481 e. The van der Waals surface area contributed by atoms with E-state index in [1.165, 1.54) is 0 Å². The van der Waals surface area contributed by atoms with Crippen molar-refractivity contribution in [2.24, 2.45) is 10.9 Å². The fraction of sp³-hybridized carbons (Fsp3) is 0.222. The highest BCUT2D eigenvalue weighted by atomic mass is 16.4. The van der Waals surface area contributed by atoms with E-state index < -0.39 is 5.97 Å². The summed E-state index contributed by atoms with van der Waals surface area (Å²) in [5, 5.41) is 12.7. The number of nitrogens with two attached hydrogens (primary N) is 2. The third kappa shape index (κ3) is 5.14. The molecule has 0 aliphatic heterocycles. The third-order valence-electron chi connectivity index (χ3n) is 3.79. The van der Waals surface area contributed by atoms with Crippen LogP contribution in [-0.4, -0.2) is 17.3 Å². The van der Waals surface area contributed by atoms with Crippen LogP contribution in [0.5, 0.6) is 0 Å². The summed E-state index contributed by atoms with van der Waals surface area (Å²) in [7, 11) is 0. The number of nitrogens with zero attached hydrogens (tertiary/aromatic N) is 1. The Morgan fingerprint density at radius 2 is 1.96 bits per heavy atom. The highest BCUT2D eigenvalue weighted by Gasteiger charge is 2.16. The van der Waals surface area contributed by atoms with Crippen LogP contribution in [0.3, 0.4) is 0 Å². The second kappa shape index (κ2) is 7.98. The quantitative estimate of drug-likeness (QED) is 0.317. The van der Waals surface area contributed by atoms with Crippen LogP contribution in [0.1, 0.15) is 35.4 Å². The van der Waals surface area contributed by atoms with Gasteiger partial charge in [0.15, 0.2) is 0 Å². The smallest absolute Gasteiger partial charge is 0.303 e. The van der Waals surface area contributed by atoms with Crippen LogP contribution in [0.25, 0.3) is 0 Å². The molecule has 120 valence electrons. The summed E-state index contributed by atoms with van der Waals surface area (Å²) in [5.74, 6) is 4.32. The summed E-state index contributed by atoms with van der Waals surface area (Å²) < 4.78 is 0. The van der Waals surface area contributed by atoms with Crippen molar-refractivity contribution in [2.45, 2.75) is 25.2 Å². The third-order valence-corrected chi connectivity index (χ3v) is 3.79. The first kappa shape index (κ1) is 16.5. The lowest BCUT2D eigenvalue weighted by atomic mass is 9.89. The van der Waals surface area contributed by atoms with E-state index in [9.17, 15) is 9.90 Å². The predicted octanol–water partition coefficient (Wildman–Crippen LogP) is 2.75. The highest BCUT2D eigenvalue weighted by molar-refractivity contribution is 5.79. The molecule has 0 aromatic heterocycles. The number of hydrogen-bond acceptors (Lipinski definition) is 4. The van der Waals surface area contributed by atoms with Gasteiger partial charge in [0.1, 0.15) is 0 Å². The molecule has 2 rings (SSSR count). The number of carboxylic acids is 1. The number of aryl methyl sites for hydroxylation is 1. The maximum absolute atomic E-state index is 11.2. The lowest BCUT2D eigenvalue weighted by Crippen LogP contribution is -2.08. The van der Waals surface area contributed by atoms with E-state index in [0.29, 0.717) is 0 Å². The summed E-state index contributed by atoms with van der Waals surface area (Å²) >= 11 is 0. The van der Waals surface area contributed by atoms with Crippen molar-refractivity contribution < 1.29 is 9.90 Å². The number of carboxylic acid groups (broad SMARTS) is 1. The van der Waals surface area contributed by atoms with Crippen LogP contribution in [0.2, 0.25) is 0 Å². The summed E-state index contributed by atoms with van der Waals surface area (Å²) in [4.78, 5) is 11.2. The number of rotatable bonds is 7. The van der Waals surface area contributed by atoms with E-state index in [-0.39, 0.29) is 12.3 Å². The molecule has 0 spiro atoms. The van der Waals surface area contributed by atoms with Gasteiger partial charge in [-0.2, -0.15) is 5.10 Å². The second-order valence-electron chi connectivity index (χ2n) is 5.52. The van der Waals surface area contributed by atoms with E-state index in [1.807, 2.05) is 48.5 Å². The van der Waals surface area contributed by atoms with Crippen LogP contribution in [0, 0.1) is 0 Å². The minimum atomic E-state index is -0.801. The first-order valence-corrected chi connectivity index (χ1v) is 7.48. The molecule has 0 fully saturated rings. The number of hydrogen-bond donors (Lipinski definition) is 3. The molecule has 5 nitrogen and oxygen atoms in total. The van der Waals surface area contributed by atoms with Crippen LogP contribution in [0.4, 0.5) is 5.69 Å². The monoisotopic (exact) mass is 311 g/mol. The average molecular weight is 311 g/mol. The van der Waals surface area contributed by atoms with Crippen molar-refractivity contribution in [3.63, 3.8) is 0 Å². The topological polar surface area (TPSA) is 102 Å². The van der Waals surface area contributed by atoms with Gasteiger partial charge in [0.2, 0.25) is 0 Å². The molecule has 23 heavy (non-hydrogen) atoms. The summed E-state index contributed by atoms with van der Waals surface area (Å²) in [6, 6.07) is 15.3. The second-order valence-corrected chi connectivity index (χ2v) is 5.52. The average Bonchev–Trinajstić information content (AvgIpc) is 2.53. The van der Waals surface area contributed by atoms with Crippen molar-refractivity contribution in [3.8, 4) is 0 Å². The van der Waals surface area contributed by atoms with E-state index in [0.717, 1.165) is 35.2 Å². The van der Waals surface area contributed by atoms with Crippen molar-refractivity contribution in [1.82, 2.24) is 0 Å². The molecule has 0 aliphatic carbocycles. The van der Waals surface area contributed by atoms with Gasteiger partial charge in [-0.15, -0.1) is 0 Å². The van der Waals surface area contributed by atoms with E-state index in [4.69, 9.17) is 11.6 Å². The maximum Gasteiger partial charge on any atom is 0.303 e. The Morgan fingerprint density at radius 3 is 2.61 bits per heavy atom. The number of nitrogen functional groups attached to an aromatic ring is 1. The van der Waals surface area contributed by atoms with Crippen molar-refractivity contribution in [3.05, 3.63) is 65.2 Å². The van der Waals surface area contributed by atoms with Crippen molar-refractivity contribution in [2.75, 3.05) is 5.73 Å². The van der Waals surface area contributed by atoms with Crippen LogP contribution in [0.15, 0.2) is 53.6 Å². The fourth-order valence-electron chi connectivity index (χ4n) is 2.60. The first-order chi connectivity index (χ1) is 11.1. The zero-order valence-electron chi connectivity index (χ0n) is 12.9. The Kier molecular flexibility index (Phi) is 5.74. The molecule has 0 saturated heterocycles. The SMILES string of the molecule is NN=Cc1cccc(C(CCc2ccc(N)cc2)CC(=O)O)c1.